The third-order valence-electron chi connectivity index (χ3n) is 3.60. The van der Waals surface area contributed by atoms with Crippen LogP contribution < -0.4 is 5.32 Å². The molecule has 0 fully saturated rings. The fourth-order valence-electron chi connectivity index (χ4n) is 2.57. The van der Waals surface area contributed by atoms with Crippen molar-refractivity contribution >= 4 is 26.8 Å². The van der Waals surface area contributed by atoms with E-state index in [4.69, 9.17) is 0 Å². The monoisotopic (exact) mass is 337 g/mol. The first-order valence-corrected chi connectivity index (χ1v) is 9.69. The van der Waals surface area contributed by atoms with Gasteiger partial charge in [0.1, 0.15) is 15.7 Å². The molecule has 0 bridgehead atoms. The number of fused-ring (bicyclic) bond motifs is 1. The maximum Gasteiger partial charge on any atom is 0.221 e. The van der Waals surface area contributed by atoms with Gasteiger partial charge < -0.3 is 9.88 Å². The van der Waals surface area contributed by atoms with Gasteiger partial charge in [-0.15, -0.1) is 0 Å². The lowest BCUT2D eigenvalue weighted by Crippen LogP contribution is -2.30. The van der Waals surface area contributed by atoms with Crippen LogP contribution >= 0.6 is 0 Å². The molecule has 2 rings (SSSR count). The lowest BCUT2D eigenvalue weighted by atomic mass is 10.2. The van der Waals surface area contributed by atoms with Crippen LogP contribution in [0.15, 0.2) is 24.3 Å². The number of carbonyl (C=O) groups excluding carboxylic acids is 1. The smallest absolute Gasteiger partial charge is 0.221 e. The van der Waals surface area contributed by atoms with Crippen molar-refractivity contribution in [3.05, 3.63) is 30.1 Å². The van der Waals surface area contributed by atoms with Gasteiger partial charge in [-0.2, -0.15) is 0 Å². The van der Waals surface area contributed by atoms with Gasteiger partial charge in [0, 0.05) is 18.7 Å². The molecule has 0 aliphatic carbocycles. The Labute approximate surface area is 136 Å². The highest BCUT2D eigenvalue weighted by molar-refractivity contribution is 7.90. The Morgan fingerprint density at radius 1 is 1.26 bits per heavy atom. The minimum atomic E-state index is -3.14. The van der Waals surface area contributed by atoms with Crippen molar-refractivity contribution in [1.29, 1.82) is 0 Å². The van der Waals surface area contributed by atoms with E-state index in [-0.39, 0.29) is 30.2 Å². The second-order valence-electron chi connectivity index (χ2n) is 6.09. The fourth-order valence-corrected chi connectivity index (χ4v) is 3.12. The first-order chi connectivity index (χ1) is 10.7. The summed E-state index contributed by atoms with van der Waals surface area (Å²) in [5.74, 6) is 0.339. The Kier molecular flexibility index (Phi) is 5.09. The second kappa shape index (κ2) is 6.70. The summed E-state index contributed by atoms with van der Waals surface area (Å²) in [5.41, 5.74) is 1.91. The van der Waals surface area contributed by atoms with Gasteiger partial charge in [0.15, 0.2) is 0 Å². The van der Waals surface area contributed by atoms with E-state index in [9.17, 15) is 13.2 Å². The average molecular weight is 337 g/mol. The van der Waals surface area contributed by atoms with Crippen LogP contribution in [0.4, 0.5) is 0 Å². The molecular formula is C16H23N3O3S. The van der Waals surface area contributed by atoms with Crippen LogP contribution in [0.25, 0.3) is 11.0 Å². The van der Waals surface area contributed by atoms with E-state index < -0.39 is 9.84 Å². The highest BCUT2D eigenvalue weighted by Gasteiger charge is 2.20. The van der Waals surface area contributed by atoms with E-state index in [1.54, 1.807) is 0 Å². The number of amides is 1. The molecule has 6 nitrogen and oxygen atoms in total. The molecule has 23 heavy (non-hydrogen) atoms. The lowest BCUT2D eigenvalue weighted by Gasteiger charge is -2.18. The molecule has 0 spiro atoms. The van der Waals surface area contributed by atoms with Crippen molar-refractivity contribution in [3.63, 3.8) is 0 Å². The van der Waals surface area contributed by atoms with Crippen molar-refractivity contribution in [3.8, 4) is 0 Å². The Morgan fingerprint density at radius 3 is 2.52 bits per heavy atom. The second-order valence-corrected chi connectivity index (χ2v) is 8.35. The molecule has 2 aromatic rings. The van der Waals surface area contributed by atoms with E-state index in [2.05, 4.69) is 28.7 Å². The van der Waals surface area contributed by atoms with Gasteiger partial charge in [-0.1, -0.05) is 12.1 Å². The molecule has 1 aromatic carbocycles. The van der Waals surface area contributed by atoms with Crippen molar-refractivity contribution < 1.29 is 13.2 Å². The third-order valence-corrected chi connectivity index (χ3v) is 4.55. The topological polar surface area (TPSA) is 81.1 Å². The number of para-hydroxylation sites is 2. The quantitative estimate of drug-likeness (QED) is 0.876. The molecule has 126 valence electrons. The number of nitrogens with zero attached hydrogens (tertiary/aromatic N) is 2. The molecule has 7 heteroatoms. The molecular weight excluding hydrogens is 314 g/mol. The van der Waals surface area contributed by atoms with E-state index in [0.717, 1.165) is 23.1 Å². The number of sulfone groups is 1. The summed E-state index contributed by atoms with van der Waals surface area (Å²) >= 11 is 0. The standard InChI is InChI=1S/C16H23N3O3S/c1-11(2)19-14-8-6-5-7-13(14)18-16(19)12(3)17-15(20)9-10-23(4,21)22/h5-8,11-12H,9-10H2,1-4H3,(H,17,20)/t12-/m1/s1. The number of imidazole rings is 1. The van der Waals surface area contributed by atoms with Crippen molar-refractivity contribution in [2.45, 2.75) is 39.3 Å². The van der Waals surface area contributed by atoms with Gasteiger partial charge in [0.25, 0.3) is 0 Å². The molecule has 1 atom stereocenters. The van der Waals surface area contributed by atoms with Crippen molar-refractivity contribution in [1.82, 2.24) is 14.9 Å². The van der Waals surface area contributed by atoms with Gasteiger partial charge >= 0.3 is 0 Å². The normalized spacial score (nSPS) is 13.4. The molecule has 0 unspecified atom stereocenters. The summed E-state index contributed by atoms with van der Waals surface area (Å²) in [5, 5.41) is 2.84. The van der Waals surface area contributed by atoms with Crippen LogP contribution in [0, 0.1) is 0 Å². The average Bonchev–Trinajstić information content (AvgIpc) is 2.84. The molecule has 1 N–H and O–H groups in total. The summed E-state index contributed by atoms with van der Waals surface area (Å²) in [6, 6.07) is 7.74. The maximum absolute atomic E-state index is 12.0. The predicted molar refractivity (Wildman–Crippen MR) is 91.0 cm³/mol. The Hall–Kier alpha value is -1.89. The largest absolute Gasteiger partial charge is 0.346 e. The van der Waals surface area contributed by atoms with E-state index in [0.29, 0.717) is 0 Å². The van der Waals surface area contributed by atoms with Crippen LogP contribution in [0.5, 0.6) is 0 Å². The number of carbonyl (C=O) groups is 1. The Morgan fingerprint density at radius 2 is 1.91 bits per heavy atom. The molecule has 0 aliphatic rings. The van der Waals surface area contributed by atoms with Crippen LogP contribution in [-0.2, 0) is 14.6 Å². The molecule has 1 heterocycles. The number of benzene rings is 1. The SMILES string of the molecule is CC(C)n1c([C@@H](C)NC(=O)CCS(C)(=O)=O)nc2ccccc21. The summed E-state index contributed by atoms with van der Waals surface area (Å²) in [6.07, 6.45) is 1.09. The number of rotatable bonds is 6. The summed E-state index contributed by atoms with van der Waals surface area (Å²) in [6.45, 7) is 5.99. The van der Waals surface area contributed by atoms with E-state index >= 15 is 0 Å². The van der Waals surface area contributed by atoms with Crippen molar-refractivity contribution in [2.75, 3.05) is 12.0 Å². The number of aromatic nitrogens is 2. The molecule has 0 saturated heterocycles. The molecule has 0 aliphatic heterocycles. The number of nitrogens with one attached hydrogen (secondary N) is 1. The van der Waals surface area contributed by atoms with Gasteiger partial charge in [-0.3, -0.25) is 4.79 Å². The minimum absolute atomic E-state index is 0.0366. The molecule has 1 aromatic heterocycles. The fraction of sp³-hybridized carbons (Fsp3) is 0.500. The van der Waals surface area contributed by atoms with E-state index in [1.165, 1.54) is 0 Å². The molecule has 1 amide bonds. The zero-order chi connectivity index (χ0) is 17.2. The predicted octanol–water partition coefficient (Wildman–Crippen LogP) is 2.23. The molecule has 0 saturated carbocycles. The summed E-state index contributed by atoms with van der Waals surface area (Å²) < 4.78 is 24.4. The van der Waals surface area contributed by atoms with Gasteiger partial charge in [-0.05, 0) is 32.9 Å². The highest BCUT2D eigenvalue weighted by Crippen LogP contribution is 2.24. The molecule has 0 radical (unpaired) electrons. The zero-order valence-corrected chi connectivity index (χ0v) is 14.7. The van der Waals surface area contributed by atoms with E-state index in [1.807, 2.05) is 31.2 Å². The van der Waals surface area contributed by atoms with Gasteiger partial charge in [0.2, 0.25) is 5.91 Å². The first-order valence-electron chi connectivity index (χ1n) is 7.63. The van der Waals surface area contributed by atoms with Crippen LogP contribution in [0.3, 0.4) is 0 Å². The Bertz CT molecular complexity index is 809. The Balaban J connectivity index is 2.22. The van der Waals surface area contributed by atoms with Gasteiger partial charge in [0.05, 0.1) is 22.8 Å². The van der Waals surface area contributed by atoms with Crippen LogP contribution in [0.1, 0.15) is 45.1 Å². The third kappa shape index (κ3) is 4.31. The summed E-state index contributed by atoms with van der Waals surface area (Å²) in [7, 11) is -3.14. The lowest BCUT2D eigenvalue weighted by molar-refractivity contribution is -0.121. The van der Waals surface area contributed by atoms with Gasteiger partial charge in [-0.25, -0.2) is 13.4 Å². The number of hydrogen-bond acceptors (Lipinski definition) is 4. The van der Waals surface area contributed by atoms with Crippen molar-refractivity contribution in [2.24, 2.45) is 0 Å². The van der Waals surface area contributed by atoms with Crippen LogP contribution in [-0.4, -0.2) is 35.9 Å². The zero-order valence-electron chi connectivity index (χ0n) is 13.9. The maximum atomic E-state index is 12.0. The summed E-state index contributed by atoms with van der Waals surface area (Å²) in [4.78, 5) is 16.6. The number of hydrogen-bond donors (Lipinski definition) is 1. The highest BCUT2D eigenvalue weighted by atomic mass is 32.2. The first kappa shape index (κ1) is 17.5. The van der Waals surface area contributed by atoms with Crippen LogP contribution in [0.2, 0.25) is 0 Å². The minimum Gasteiger partial charge on any atom is -0.346 e.